The van der Waals surface area contributed by atoms with Gasteiger partial charge < -0.3 is 25.0 Å². The lowest BCUT2D eigenvalue weighted by Crippen LogP contribution is -2.56. The molecule has 0 radical (unpaired) electrons. The molecule has 1 aliphatic heterocycles. The number of phenolic OH excluding ortho intramolecular Hbond substituents is 1. The fourth-order valence-electron chi connectivity index (χ4n) is 6.56. The Hall–Kier alpha value is -2.62. The summed E-state index contributed by atoms with van der Waals surface area (Å²) in [4.78, 5) is 29.3. The fraction of sp³-hybridized carbons (Fsp3) is 0.571. The summed E-state index contributed by atoms with van der Waals surface area (Å²) in [6.45, 7) is 0.697. The molecule has 1 aromatic heterocycles. The van der Waals surface area contributed by atoms with Crippen LogP contribution in [-0.2, 0) is 22.4 Å². The van der Waals surface area contributed by atoms with Crippen molar-refractivity contribution < 1.29 is 29.3 Å². The number of nitrogens with one attached hydrogen (secondary N) is 1. The number of hydrogen-bond acceptors (Lipinski definition) is 8. The number of methoxy groups -OCH3 is 2. The minimum atomic E-state index is -0.772. The zero-order valence-corrected chi connectivity index (χ0v) is 22.4. The molecule has 0 spiro atoms. The van der Waals surface area contributed by atoms with Gasteiger partial charge in [-0.15, -0.1) is 11.3 Å². The molecule has 1 amide bonds. The third kappa shape index (κ3) is 4.96. The minimum absolute atomic E-state index is 0.0308. The van der Waals surface area contributed by atoms with Crippen molar-refractivity contribution in [3.05, 3.63) is 39.8 Å². The number of likely N-dealkylation sites (tertiary alicyclic amines) is 1. The van der Waals surface area contributed by atoms with Crippen LogP contribution in [0.3, 0.4) is 0 Å². The highest BCUT2D eigenvalue weighted by Crippen LogP contribution is 2.50. The second-order valence-electron chi connectivity index (χ2n) is 10.5. The summed E-state index contributed by atoms with van der Waals surface area (Å²) < 4.78 is 10.4. The van der Waals surface area contributed by atoms with Crippen LogP contribution in [0, 0.1) is 5.92 Å². The molecule has 2 heterocycles. The molecule has 3 unspecified atom stereocenters. The number of carbonyl (C=O) groups excluding carboxylic acids is 2. The van der Waals surface area contributed by atoms with Crippen LogP contribution in [0.4, 0.5) is 5.00 Å². The number of ether oxygens (including phenoxy) is 2. The molecule has 0 bridgehead atoms. The first-order valence-corrected chi connectivity index (χ1v) is 14.0. The van der Waals surface area contributed by atoms with Gasteiger partial charge in [-0.25, -0.2) is 4.79 Å². The number of thiophene rings is 1. The Morgan fingerprint density at radius 2 is 1.97 bits per heavy atom. The molecule has 3 N–H and O–H groups in total. The van der Waals surface area contributed by atoms with Crippen LogP contribution in [0.2, 0.25) is 0 Å². The topological polar surface area (TPSA) is 108 Å². The van der Waals surface area contributed by atoms with Gasteiger partial charge in [0.1, 0.15) is 5.00 Å². The summed E-state index contributed by atoms with van der Waals surface area (Å²) in [6, 6.07) is 5.09. The van der Waals surface area contributed by atoms with E-state index >= 15 is 0 Å². The van der Waals surface area contributed by atoms with Crippen LogP contribution in [-0.4, -0.2) is 59.9 Å². The summed E-state index contributed by atoms with van der Waals surface area (Å²) in [5, 5.41) is 25.3. The molecular weight excluding hydrogens is 492 g/mol. The van der Waals surface area contributed by atoms with Crippen LogP contribution in [0.1, 0.15) is 77.3 Å². The van der Waals surface area contributed by atoms with E-state index in [1.807, 2.05) is 12.1 Å². The number of rotatable bonds is 6. The third-order valence-electron chi connectivity index (χ3n) is 8.38. The molecule has 3 atom stereocenters. The van der Waals surface area contributed by atoms with Crippen molar-refractivity contribution >= 4 is 28.2 Å². The maximum atomic E-state index is 13.4. The number of anilines is 1. The van der Waals surface area contributed by atoms with Gasteiger partial charge in [0.2, 0.25) is 5.91 Å². The van der Waals surface area contributed by atoms with E-state index in [0.29, 0.717) is 29.3 Å². The number of esters is 1. The van der Waals surface area contributed by atoms with Gasteiger partial charge in [-0.05, 0) is 68.2 Å². The Labute approximate surface area is 221 Å². The first-order valence-electron chi connectivity index (χ1n) is 13.2. The number of amides is 1. The molecule has 37 heavy (non-hydrogen) atoms. The van der Waals surface area contributed by atoms with Gasteiger partial charge in [0.25, 0.3) is 0 Å². The van der Waals surface area contributed by atoms with Crippen LogP contribution in [0.25, 0.3) is 0 Å². The number of aliphatic hydroxyl groups is 1. The Morgan fingerprint density at radius 3 is 2.76 bits per heavy atom. The zero-order valence-electron chi connectivity index (χ0n) is 21.5. The number of nitrogens with zero attached hydrogens (tertiary/aromatic N) is 1. The molecule has 1 aromatic carbocycles. The second kappa shape index (κ2) is 10.6. The van der Waals surface area contributed by atoms with Crippen molar-refractivity contribution in [2.24, 2.45) is 5.92 Å². The summed E-state index contributed by atoms with van der Waals surface area (Å²) in [6.07, 6.45) is 8.10. The zero-order chi connectivity index (χ0) is 26.2. The second-order valence-corrected chi connectivity index (χ2v) is 11.6. The van der Waals surface area contributed by atoms with Crippen LogP contribution >= 0.6 is 11.3 Å². The van der Waals surface area contributed by atoms with E-state index in [1.165, 1.54) is 25.6 Å². The quantitative estimate of drug-likeness (QED) is 0.476. The van der Waals surface area contributed by atoms with E-state index < -0.39 is 11.6 Å². The highest BCUT2D eigenvalue weighted by Gasteiger charge is 2.49. The van der Waals surface area contributed by atoms with E-state index in [2.05, 4.69) is 10.2 Å². The number of fused-ring (bicyclic) bond motifs is 2. The molecule has 200 valence electrons. The smallest absolute Gasteiger partial charge is 0.341 e. The lowest BCUT2D eigenvalue weighted by Gasteiger charge is -2.52. The van der Waals surface area contributed by atoms with Crippen molar-refractivity contribution in [2.75, 3.05) is 32.6 Å². The van der Waals surface area contributed by atoms with Gasteiger partial charge in [-0.2, -0.15) is 0 Å². The Morgan fingerprint density at radius 1 is 1.16 bits per heavy atom. The number of carbonyl (C=O) groups is 2. The predicted octanol–water partition coefficient (Wildman–Crippen LogP) is 4.43. The maximum Gasteiger partial charge on any atom is 0.341 e. The summed E-state index contributed by atoms with van der Waals surface area (Å²) in [5.41, 5.74) is 1.65. The molecule has 3 aliphatic rings. The monoisotopic (exact) mass is 528 g/mol. The molecule has 2 fully saturated rings. The lowest BCUT2D eigenvalue weighted by atomic mass is 9.66. The average Bonchev–Trinajstić information content (AvgIpc) is 3.26. The first kappa shape index (κ1) is 26.0. The Bertz CT molecular complexity index is 1180. The number of phenols is 1. The molecule has 9 heteroatoms. The van der Waals surface area contributed by atoms with Crippen molar-refractivity contribution in [1.82, 2.24) is 4.90 Å². The molecule has 5 rings (SSSR count). The number of aryl methyl sites for hydroxylation is 1. The average molecular weight is 529 g/mol. The standard InChI is InChI=1S/C28H36N2O6S/c1-35-21-15-17(10-11-20(21)31)25-19-8-5-6-12-28(19,34)13-14-30(25)16-23(32)29-26-24(27(33)36-2)18-7-3-4-9-22(18)37-26/h10-11,15,19,25,31,34H,3-9,12-14,16H2,1-2H3,(H,29,32). The normalized spacial score (nSPS) is 25.6. The van der Waals surface area contributed by atoms with E-state index in [9.17, 15) is 19.8 Å². The van der Waals surface area contributed by atoms with Gasteiger partial charge in [0.15, 0.2) is 11.5 Å². The number of aromatic hydroxyl groups is 1. The summed E-state index contributed by atoms with van der Waals surface area (Å²) in [7, 11) is 2.89. The molecule has 2 aliphatic carbocycles. The van der Waals surface area contributed by atoms with Crippen molar-refractivity contribution in [1.29, 1.82) is 0 Å². The molecule has 2 aromatic rings. The number of piperidine rings is 1. The molecule has 1 saturated heterocycles. The Balaban J connectivity index is 1.42. The van der Waals surface area contributed by atoms with Crippen LogP contribution in [0.15, 0.2) is 18.2 Å². The van der Waals surface area contributed by atoms with Crippen molar-refractivity contribution in [2.45, 2.75) is 69.4 Å². The van der Waals surface area contributed by atoms with E-state index in [1.54, 1.807) is 6.07 Å². The van der Waals surface area contributed by atoms with Gasteiger partial charge in [-0.3, -0.25) is 9.69 Å². The lowest BCUT2D eigenvalue weighted by molar-refractivity contribution is -0.135. The summed E-state index contributed by atoms with van der Waals surface area (Å²) in [5.74, 6) is -0.201. The third-order valence-corrected chi connectivity index (χ3v) is 9.58. The highest BCUT2D eigenvalue weighted by molar-refractivity contribution is 7.17. The summed E-state index contributed by atoms with van der Waals surface area (Å²) >= 11 is 1.48. The number of benzene rings is 1. The molecule has 8 nitrogen and oxygen atoms in total. The van der Waals surface area contributed by atoms with Gasteiger partial charge in [-0.1, -0.05) is 18.9 Å². The van der Waals surface area contributed by atoms with Crippen molar-refractivity contribution in [3.8, 4) is 11.5 Å². The molecule has 1 saturated carbocycles. The van der Waals surface area contributed by atoms with Crippen LogP contribution in [0.5, 0.6) is 11.5 Å². The molecular formula is C28H36N2O6S. The predicted molar refractivity (Wildman–Crippen MR) is 141 cm³/mol. The first-order chi connectivity index (χ1) is 17.8. The number of hydrogen-bond donors (Lipinski definition) is 3. The van der Waals surface area contributed by atoms with E-state index in [4.69, 9.17) is 9.47 Å². The fourth-order valence-corrected chi connectivity index (χ4v) is 7.86. The van der Waals surface area contributed by atoms with Gasteiger partial charge in [0, 0.05) is 23.4 Å². The minimum Gasteiger partial charge on any atom is -0.504 e. The van der Waals surface area contributed by atoms with Crippen molar-refractivity contribution in [3.63, 3.8) is 0 Å². The van der Waals surface area contributed by atoms with Crippen LogP contribution < -0.4 is 10.1 Å². The van der Waals surface area contributed by atoms with Gasteiger partial charge in [0.05, 0.1) is 31.9 Å². The Kier molecular flexibility index (Phi) is 7.47. The SMILES string of the molecule is COC(=O)c1c(NC(=O)CN2CCC3(O)CCCCC3C2c2ccc(O)c(OC)c2)sc2c1CCCC2. The van der Waals surface area contributed by atoms with Gasteiger partial charge >= 0.3 is 5.97 Å². The highest BCUT2D eigenvalue weighted by atomic mass is 32.1. The van der Waals surface area contributed by atoms with E-state index in [-0.39, 0.29) is 30.2 Å². The largest absolute Gasteiger partial charge is 0.504 e. The maximum absolute atomic E-state index is 13.4. The van der Waals surface area contributed by atoms with E-state index in [0.717, 1.165) is 67.4 Å².